The van der Waals surface area contributed by atoms with Gasteiger partial charge in [0, 0.05) is 11.7 Å². The van der Waals surface area contributed by atoms with Crippen LogP contribution < -0.4 is 5.32 Å². The van der Waals surface area contributed by atoms with Crippen molar-refractivity contribution < 1.29 is 4.79 Å². The Morgan fingerprint density at radius 2 is 1.83 bits per heavy atom. The second kappa shape index (κ2) is 7.97. The number of nitrogens with one attached hydrogen (secondary N) is 1. The molecule has 1 saturated carbocycles. The summed E-state index contributed by atoms with van der Waals surface area (Å²) < 4.78 is 1.86. The number of aryl methyl sites for hydroxylation is 3. The minimum Gasteiger partial charge on any atom is -0.349 e. The summed E-state index contributed by atoms with van der Waals surface area (Å²) >= 11 is 0. The molecule has 1 aliphatic rings. The van der Waals surface area contributed by atoms with Crippen molar-refractivity contribution in [3.05, 3.63) is 52.8 Å². The molecule has 5 heteroatoms. The van der Waals surface area contributed by atoms with E-state index in [4.69, 9.17) is 10.1 Å². The number of nitrogens with zero attached hydrogens (tertiary/aromatic N) is 3. The Kier molecular flexibility index (Phi) is 5.39. The summed E-state index contributed by atoms with van der Waals surface area (Å²) in [5, 5.41) is 8.84. The smallest absolute Gasteiger partial charge is 0.252 e. The van der Waals surface area contributed by atoms with Gasteiger partial charge in [0.25, 0.3) is 5.91 Å². The molecule has 3 aromatic rings. The predicted octanol–water partition coefficient (Wildman–Crippen LogP) is 4.91. The lowest BCUT2D eigenvalue weighted by atomic mass is 9.87. The standard InChI is InChI=1S/C24H30N4O/c1-5-18-8-12-20(13-9-18)28-23-22(17(4)27-28)21(14-16(3)25-23)24(29)26-19-10-6-15(2)7-11-19/h8-9,12-15,19H,5-7,10-11H2,1-4H3,(H,26,29). The molecular weight excluding hydrogens is 360 g/mol. The van der Waals surface area contributed by atoms with Crippen molar-refractivity contribution in [2.45, 2.75) is 65.8 Å². The summed E-state index contributed by atoms with van der Waals surface area (Å²) in [5.41, 5.74) is 5.33. The fourth-order valence-electron chi connectivity index (χ4n) is 4.31. The number of hydrogen-bond donors (Lipinski definition) is 1. The fraction of sp³-hybridized carbons (Fsp3) is 0.458. The molecule has 0 aliphatic heterocycles. The van der Waals surface area contributed by atoms with Crippen molar-refractivity contribution in [2.24, 2.45) is 5.92 Å². The SMILES string of the molecule is CCc1ccc(-n2nc(C)c3c(C(=O)NC4CCC(C)CC4)cc(C)nc32)cc1. The van der Waals surface area contributed by atoms with Gasteiger partial charge >= 0.3 is 0 Å². The molecule has 0 radical (unpaired) electrons. The van der Waals surface area contributed by atoms with Crippen molar-refractivity contribution in [2.75, 3.05) is 0 Å². The lowest BCUT2D eigenvalue weighted by molar-refractivity contribution is 0.0924. The second-order valence-electron chi connectivity index (χ2n) is 8.46. The lowest BCUT2D eigenvalue weighted by Gasteiger charge is -2.27. The van der Waals surface area contributed by atoms with Crippen molar-refractivity contribution in [1.82, 2.24) is 20.1 Å². The van der Waals surface area contributed by atoms with Crippen molar-refractivity contribution in [3.63, 3.8) is 0 Å². The fourth-order valence-corrected chi connectivity index (χ4v) is 4.31. The topological polar surface area (TPSA) is 59.8 Å². The van der Waals surface area contributed by atoms with Crippen LogP contribution in [0, 0.1) is 19.8 Å². The van der Waals surface area contributed by atoms with Gasteiger partial charge in [-0.3, -0.25) is 4.79 Å². The average molecular weight is 391 g/mol. The molecule has 0 saturated heterocycles. The van der Waals surface area contributed by atoms with Crippen LogP contribution in [0.1, 0.15) is 66.8 Å². The van der Waals surface area contributed by atoms with Crippen LogP contribution >= 0.6 is 0 Å². The Bertz CT molecular complexity index is 1030. The summed E-state index contributed by atoms with van der Waals surface area (Å²) in [6.07, 6.45) is 5.48. The van der Waals surface area contributed by atoms with Gasteiger partial charge in [0.05, 0.1) is 22.3 Å². The number of fused-ring (bicyclic) bond motifs is 1. The maximum Gasteiger partial charge on any atom is 0.252 e. The lowest BCUT2D eigenvalue weighted by Crippen LogP contribution is -2.37. The van der Waals surface area contributed by atoms with Crippen molar-refractivity contribution >= 4 is 16.9 Å². The first kappa shape index (κ1) is 19.6. The van der Waals surface area contributed by atoms with Crippen LogP contribution in [0.15, 0.2) is 30.3 Å². The largest absolute Gasteiger partial charge is 0.349 e. The minimum absolute atomic E-state index is 0.0102. The van der Waals surface area contributed by atoms with Crippen LogP contribution in [0.3, 0.4) is 0 Å². The maximum atomic E-state index is 13.2. The van der Waals surface area contributed by atoms with Gasteiger partial charge in [-0.1, -0.05) is 26.0 Å². The van der Waals surface area contributed by atoms with Crippen LogP contribution in [-0.2, 0) is 6.42 Å². The molecule has 1 aliphatic carbocycles. The van der Waals surface area contributed by atoms with Gasteiger partial charge in [-0.25, -0.2) is 9.67 Å². The van der Waals surface area contributed by atoms with E-state index in [1.165, 1.54) is 18.4 Å². The highest BCUT2D eigenvalue weighted by Gasteiger charge is 2.24. The summed E-state index contributed by atoms with van der Waals surface area (Å²) in [6.45, 7) is 8.32. The minimum atomic E-state index is -0.0102. The molecule has 1 aromatic carbocycles. The monoisotopic (exact) mass is 390 g/mol. The van der Waals surface area contributed by atoms with E-state index in [1.807, 2.05) is 24.6 Å². The zero-order chi connectivity index (χ0) is 20.5. The van der Waals surface area contributed by atoms with E-state index in [0.29, 0.717) is 5.56 Å². The molecule has 1 N–H and O–H groups in total. The highest BCUT2D eigenvalue weighted by molar-refractivity contribution is 6.06. The van der Waals surface area contributed by atoms with Crippen LogP contribution in [0.5, 0.6) is 0 Å². The summed E-state index contributed by atoms with van der Waals surface area (Å²) in [4.78, 5) is 17.9. The molecule has 0 unspecified atom stereocenters. The Hall–Kier alpha value is -2.69. The van der Waals surface area contributed by atoms with Crippen molar-refractivity contribution in [1.29, 1.82) is 0 Å². The van der Waals surface area contributed by atoms with Gasteiger partial charge in [0.2, 0.25) is 0 Å². The van der Waals surface area contributed by atoms with Gasteiger partial charge in [0.1, 0.15) is 0 Å². The molecule has 152 valence electrons. The normalized spacial score (nSPS) is 19.4. The number of amides is 1. The van der Waals surface area contributed by atoms with E-state index in [2.05, 4.69) is 43.4 Å². The summed E-state index contributed by atoms with van der Waals surface area (Å²) in [5.74, 6) is 0.752. The van der Waals surface area contributed by atoms with E-state index < -0.39 is 0 Å². The Morgan fingerprint density at radius 1 is 1.14 bits per heavy atom. The Balaban J connectivity index is 1.71. The highest BCUT2D eigenvalue weighted by atomic mass is 16.1. The quantitative estimate of drug-likeness (QED) is 0.689. The Morgan fingerprint density at radius 3 is 2.48 bits per heavy atom. The number of hydrogen-bond acceptors (Lipinski definition) is 3. The molecule has 4 rings (SSSR count). The van der Waals surface area contributed by atoms with Gasteiger partial charge in [-0.05, 0) is 75.6 Å². The third kappa shape index (κ3) is 3.91. The average Bonchev–Trinajstić information content (AvgIpc) is 3.05. The first-order valence-corrected chi connectivity index (χ1v) is 10.7. The molecule has 29 heavy (non-hydrogen) atoms. The van der Waals surface area contributed by atoms with E-state index in [1.54, 1.807) is 0 Å². The molecular formula is C24H30N4O. The molecule has 2 heterocycles. The van der Waals surface area contributed by atoms with Gasteiger partial charge in [0.15, 0.2) is 5.65 Å². The van der Waals surface area contributed by atoms with Gasteiger partial charge in [-0.15, -0.1) is 0 Å². The molecule has 2 aromatic heterocycles. The number of pyridine rings is 1. The third-order valence-corrected chi connectivity index (χ3v) is 6.13. The van der Waals surface area contributed by atoms with Gasteiger partial charge < -0.3 is 5.32 Å². The zero-order valence-corrected chi connectivity index (χ0v) is 17.8. The number of rotatable bonds is 4. The van der Waals surface area contributed by atoms with Crippen LogP contribution in [0.4, 0.5) is 0 Å². The highest BCUT2D eigenvalue weighted by Crippen LogP contribution is 2.27. The maximum absolute atomic E-state index is 13.2. The van der Waals surface area contributed by atoms with E-state index in [-0.39, 0.29) is 11.9 Å². The predicted molar refractivity (Wildman–Crippen MR) is 117 cm³/mol. The van der Waals surface area contributed by atoms with Crippen molar-refractivity contribution in [3.8, 4) is 5.69 Å². The third-order valence-electron chi connectivity index (χ3n) is 6.13. The summed E-state index contributed by atoms with van der Waals surface area (Å²) in [6, 6.07) is 10.5. The number of carbonyl (C=O) groups excluding carboxylic acids is 1. The first-order valence-electron chi connectivity index (χ1n) is 10.7. The van der Waals surface area contributed by atoms with E-state index in [9.17, 15) is 4.79 Å². The zero-order valence-electron chi connectivity index (χ0n) is 17.8. The van der Waals surface area contributed by atoms with E-state index in [0.717, 1.165) is 53.3 Å². The number of carbonyl (C=O) groups is 1. The molecule has 0 bridgehead atoms. The van der Waals surface area contributed by atoms with E-state index >= 15 is 0 Å². The summed E-state index contributed by atoms with van der Waals surface area (Å²) in [7, 11) is 0. The number of benzene rings is 1. The van der Waals surface area contributed by atoms with Gasteiger partial charge in [-0.2, -0.15) is 5.10 Å². The van der Waals surface area contributed by atoms with Crippen LogP contribution in [0.2, 0.25) is 0 Å². The molecule has 0 atom stereocenters. The molecule has 1 amide bonds. The molecule has 5 nitrogen and oxygen atoms in total. The second-order valence-corrected chi connectivity index (χ2v) is 8.46. The Labute approximate surface area is 172 Å². The number of aromatic nitrogens is 3. The van der Waals surface area contributed by atoms with Crippen LogP contribution in [-0.4, -0.2) is 26.7 Å². The van der Waals surface area contributed by atoms with Crippen LogP contribution in [0.25, 0.3) is 16.7 Å². The molecule has 1 fully saturated rings. The first-order chi connectivity index (χ1) is 14.0. The molecule has 0 spiro atoms.